The van der Waals surface area contributed by atoms with Gasteiger partial charge in [-0.15, -0.1) is 0 Å². The molecular weight excluding hydrogens is 822 g/mol. The van der Waals surface area contributed by atoms with Gasteiger partial charge in [-0.1, -0.05) is 17.7 Å². The van der Waals surface area contributed by atoms with Crippen molar-refractivity contribution in [1.82, 2.24) is 30.0 Å². The lowest BCUT2D eigenvalue weighted by Crippen LogP contribution is -2.54. The van der Waals surface area contributed by atoms with Crippen molar-refractivity contribution in [1.29, 1.82) is 0 Å². The normalized spacial score (nSPS) is 19.1. The van der Waals surface area contributed by atoms with Crippen molar-refractivity contribution < 1.29 is 52.1 Å². The maximum Gasteiger partial charge on any atom is 0.262 e. The summed E-state index contributed by atoms with van der Waals surface area (Å²) in [6, 6.07) is 4.77. The van der Waals surface area contributed by atoms with E-state index < -0.39 is 47.4 Å². The summed E-state index contributed by atoms with van der Waals surface area (Å²) in [4.78, 5) is 89.8. The average molecular weight is 865 g/mol. The number of anilines is 2. The molecule has 17 nitrogen and oxygen atoms in total. The fourth-order valence-corrected chi connectivity index (χ4v) is 7.89. The van der Waals surface area contributed by atoms with Crippen molar-refractivity contribution in [3.63, 3.8) is 0 Å². The molecule has 1 aromatic heterocycles. The molecule has 3 aromatic rings. The number of halogens is 3. The first-order valence-electron chi connectivity index (χ1n) is 19.7. The largest absolute Gasteiger partial charge is 0.491 e. The van der Waals surface area contributed by atoms with Gasteiger partial charge in [0.15, 0.2) is 5.82 Å². The topological polar surface area (TPSA) is 204 Å². The summed E-state index contributed by atoms with van der Waals surface area (Å²) >= 11 is 6.57. The van der Waals surface area contributed by atoms with Crippen molar-refractivity contribution in [2.24, 2.45) is 0 Å². The highest BCUT2D eigenvalue weighted by Gasteiger charge is 2.44. The Morgan fingerprint density at radius 3 is 2.51 bits per heavy atom. The molecule has 7 rings (SSSR count). The van der Waals surface area contributed by atoms with Gasteiger partial charge in [0.05, 0.1) is 35.5 Å². The summed E-state index contributed by atoms with van der Waals surface area (Å²) in [7, 11) is 1.61. The van der Waals surface area contributed by atoms with Crippen LogP contribution in [0.1, 0.15) is 58.9 Å². The number of imide groups is 2. The average Bonchev–Trinajstić information content (AvgIpc) is 3.47. The molecule has 0 spiro atoms. The number of likely N-dealkylation sites (N-methyl/N-ethyl adjacent to an activating group) is 1. The number of benzene rings is 2. The number of aromatic nitrogens is 2. The Labute approximate surface area is 353 Å². The number of rotatable bonds is 14. The van der Waals surface area contributed by atoms with E-state index in [1.165, 1.54) is 42.2 Å². The van der Waals surface area contributed by atoms with E-state index in [0.717, 1.165) is 11.0 Å². The number of fused-ring (bicyclic) bond motifs is 2. The quantitative estimate of drug-likeness (QED) is 0.158. The molecule has 322 valence electrons. The van der Waals surface area contributed by atoms with E-state index in [-0.39, 0.29) is 115 Å². The standard InChI is InChI=1S/C41H43ClF2N8O9/c1-22(53)50-12-14-51(15-13-50)37-26-21-27(42)33(34-28(43)4-3-5-30(34)54)35(44)36(26)47-41(48-37)45-11-10-32(56)49(2)16-17-60-18-19-61-23-6-7-24-25(20-23)40(59)52(39(24)58)29-8-9-31(55)46-38(29)57/h3-4,6-7,20-21,29-30,54H,5,8-19H2,1-2H3,(H,45,47,48)(H,46,55,57)/t29?,30-/m0/s1. The molecule has 1 unspecified atom stereocenters. The zero-order valence-electron chi connectivity index (χ0n) is 33.3. The fourth-order valence-electron chi connectivity index (χ4n) is 7.59. The number of carbonyl (C=O) groups excluding carboxylic acids is 6. The Kier molecular flexibility index (Phi) is 12.9. The smallest absolute Gasteiger partial charge is 0.262 e. The highest BCUT2D eigenvalue weighted by atomic mass is 35.5. The van der Waals surface area contributed by atoms with Gasteiger partial charge in [-0.2, -0.15) is 4.98 Å². The van der Waals surface area contributed by atoms with Crippen LogP contribution in [0.15, 0.2) is 42.2 Å². The Bertz CT molecular complexity index is 2370. The summed E-state index contributed by atoms with van der Waals surface area (Å²) in [5.74, 6) is -3.83. The van der Waals surface area contributed by atoms with Gasteiger partial charge >= 0.3 is 0 Å². The molecule has 20 heteroatoms. The van der Waals surface area contributed by atoms with Gasteiger partial charge in [0, 0.05) is 82.6 Å². The third-order valence-corrected chi connectivity index (χ3v) is 11.2. The van der Waals surface area contributed by atoms with E-state index in [9.17, 15) is 38.3 Å². The Morgan fingerprint density at radius 2 is 1.79 bits per heavy atom. The molecule has 0 radical (unpaired) electrons. The summed E-state index contributed by atoms with van der Waals surface area (Å²) in [6.07, 6.45) is 1.42. The maximum atomic E-state index is 16.4. The number of nitrogens with zero attached hydrogens (tertiary/aromatic N) is 6. The van der Waals surface area contributed by atoms with Gasteiger partial charge in [-0.05, 0) is 43.2 Å². The lowest BCUT2D eigenvalue weighted by molar-refractivity contribution is -0.136. The summed E-state index contributed by atoms with van der Waals surface area (Å²) in [6.45, 7) is 3.80. The van der Waals surface area contributed by atoms with Crippen LogP contribution in [-0.2, 0) is 23.9 Å². The first kappa shape index (κ1) is 43.1. The number of allylic oxidation sites excluding steroid dienone is 2. The molecule has 1 aliphatic carbocycles. The van der Waals surface area contributed by atoms with Gasteiger partial charge < -0.3 is 34.6 Å². The third-order valence-electron chi connectivity index (χ3n) is 10.9. The molecule has 4 aliphatic rings. The minimum Gasteiger partial charge on any atom is -0.491 e. The molecule has 2 atom stereocenters. The maximum absolute atomic E-state index is 16.4. The predicted molar refractivity (Wildman–Crippen MR) is 217 cm³/mol. The number of hydrogen-bond acceptors (Lipinski definition) is 13. The van der Waals surface area contributed by atoms with E-state index in [1.54, 1.807) is 11.9 Å². The number of carbonyl (C=O) groups is 6. The number of ether oxygens (including phenoxy) is 2. The summed E-state index contributed by atoms with van der Waals surface area (Å²) in [5.41, 5.74) is -0.519. The van der Waals surface area contributed by atoms with Crippen LogP contribution in [0.3, 0.4) is 0 Å². The van der Waals surface area contributed by atoms with Crippen LogP contribution in [0.5, 0.6) is 5.75 Å². The van der Waals surface area contributed by atoms with Crippen molar-refractivity contribution in [3.05, 3.63) is 69.8 Å². The number of piperazine rings is 1. The van der Waals surface area contributed by atoms with Gasteiger partial charge in [-0.3, -0.25) is 39.0 Å². The molecule has 2 saturated heterocycles. The molecule has 3 aliphatic heterocycles. The minimum absolute atomic E-state index is 0.00646. The molecule has 0 saturated carbocycles. The SMILES string of the molecule is CC(=O)N1CCN(c2nc(NCCC(=O)N(C)CCOCCOc3ccc4c(c3)C(=O)N(C3CCC(=O)NC3=O)C4=O)nc3c(F)c(C4=C(F)C=CC[C@@H]4O)c(Cl)cc23)CC1. The van der Waals surface area contributed by atoms with Crippen LogP contribution in [-0.4, -0.2) is 143 Å². The second-order valence-corrected chi connectivity index (χ2v) is 15.2. The van der Waals surface area contributed by atoms with E-state index >= 15 is 4.39 Å². The highest BCUT2D eigenvalue weighted by molar-refractivity contribution is 6.33. The second kappa shape index (κ2) is 18.3. The Balaban J connectivity index is 0.921. The van der Waals surface area contributed by atoms with Crippen LogP contribution >= 0.6 is 11.6 Å². The van der Waals surface area contributed by atoms with E-state index in [0.29, 0.717) is 37.7 Å². The van der Waals surface area contributed by atoms with Gasteiger partial charge in [0.1, 0.15) is 35.6 Å². The molecule has 0 bridgehead atoms. The second-order valence-electron chi connectivity index (χ2n) is 14.8. The molecule has 61 heavy (non-hydrogen) atoms. The molecular formula is C41H43ClF2N8O9. The molecule has 6 amide bonds. The number of aliphatic hydroxyl groups is 1. The van der Waals surface area contributed by atoms with Crippen LogP contribution < -0.4 is 20.3 Å². The zero-order chi connectivity index (χ0) is 43.5. The van der Waals surface area contributed by atoms with Crippen LogP contribution in [0, 0.1) is 5.82 Å². The molecule has 4 heterocycles. The van der Waals surface area contributed by atoms with E-state index in [2.05, 4.69) is 20.6 Å². The lowest BCUT2D eigenvalue weighted by atomic mass is 9.92. The first-order chi connectivity index (χ1) is 29.2. The molecule has 2 aromatic carbocycles. The molecule has 3 N–H and O–H groups in total. The Morgan fingerprint density at radius 1 is 1.03 bits per heavy atom. The zero-order valence-corrected chi connectivity index (χ0v) is 34.1. The van der Waals surface area contributed by atoms with Crippen LogP contribution in [0.2, 0.25) is 5.02 Å². The van der Waals surface area contributed by atoms with Gasteiger partial charge in [0.25, 0.3) is 11.8 Å². The third kappa shape index (κ3) is 9.03. The van der Waals surface area contributed by atoms with E-state index in [1.807, 2.05) is 4.90 Å². The van der Waals surface area contributed by atoms with Crippen LogP contribution in [0.4, 0.5) is 20.5 Å². The molecule has 2 fully saturated rings. The van der Waals surface area contributed by atoms with Crippen molar-refractivity contribution >= 4 is 75.3 Å². The minimum atomic E-state index is -1.32. The number of aliphatic hydroxyl groups excluding tert-OH is 1. The van der Waals surface area contributed by atoms with Crippen LogP contribution in [0.25, 0.3) is 16.5 Å². The first-order valence-corrected chi connectivity index (χ1v) is 20.1. The highest BCUT2D eigenvalue weighted by Crippen LogP contribution is 2.41. The number of nitrogens with one attached hydrogen (secondary N) is 2. The van der Waals surface area contributed by atoms with Crippen molar-refractivity contribution in [3.8, 4) is 5.75 Å². The number of piperidine rings is 1. The van der Waals surface area contributed by atoms with Gasteiger partial charge in [0.2, 0.25) is 29.6 Å². The summed E-state index contributed by atoms with van der Waals surface area (Å²) < 4.78 is 42.8. The number of amides is 6. The number of hydrogen-bond donors (Lipinski definition) is 3. The van der Waals surface area contributed by atoms with Crippen molar-refractivity contribution in [2.75, 3.05) is 76.4 Å². The fraction of sp³-hybridized carbons (Fsp3) is 0.415. The summed E-state index contributed by atoms with van der Waals surface area (Å²) in [5, 5.41) is 15.9. The van der Waals surface area contributed by atoms with Crippen molar-refractivity contribution in [2.45, 2.75) is 44.8 Å². The predicted octanol–water partition coefficient (Wildman–Crippen LogP) is 2.85. The monoisotopic (exact) mass is 864 g/mol. The lowest BCUT2D eigenvalue weighted by Gasteiger charge is -2.35. The van der Waals surface area contributed by atoms with Gasteiger partial charge in [-0.25, -0.2) is 13.8 Å². The van der Waals surface area contributed by atoms with E-state index in [4.69, 9.17) is 21.1 Å². The Hall–Kier alpha value is -6.05.